The summed E-state index contributed by atoms with van der Waals surface area (Å²) in [6.45, 7) is 13.6. The number of fused-ring (bicyclic) bond motifs is 1. The number of nitrogens with one attached hydrogen (secondary N) is 1. The molecule has 28 heavy (non-hydrogen) atoms. The van der Waals surface area contributed by atoms with E-state index in [1.807, 2.05) is 30.3 Å². The fraction of sp³-hybridized carbons (Fsp3) is 0.478. The van der Waals surface area contributed by atoms with Crippen LogP contribution in [0.3, 0.4) is 0 Å². The number of carbonyl (C=O) groups is 1. The minimum atomic E-state index is -1.84. The van der Waals surface area contributed by atoms with Crippen LogP contribution in [0.15, 0.2) is 36.5 Å². The van der Waals surface area contributed by atoms with Crippen LogP contribution < -0.4 is 5.32 Å². The van der Waals surface area contributed by atoms with E-state index in [1.54, 1.807) is 6.20 Å². The van der Waals surface area contributed by atoms with E-state index in [2.05, 4.69) is 63.3 Å². The highest BCUT2D eigenvalue weighted by molar-refractivity contribution is 6.90. The molecule has 3 nitrogen and oxygen atoms in total. The van der Waals surface area contributed by atoms with Gasteiger partial charge in [-0.2, -0.15) is 0 Å². The van der Waals surface area contributed by atoms with Crippen molar-refractivity contribution in [1.29, 1.82) is 0 Å². The van der Waals surface area contributed by atoms with Crippen LogP contribution in [-0.4, -0.2) is 24.3 Å². The standard InChI is InChI=1S/C23H31ClN2OSi/c1-16(2)28(17(3)4,18(5)6)14-12-20(24)15-22(27)26-21-11-7-9-19-10-8-13-25-23(19)21/h7-11,13,16-18,20H,15H2,1-6H3,(H,26,27). The highest BCUT2D eigenvalue weighted by atomic mass is 35.5. The fourth-order valence-electron chi connectivity index (χ4n) is 4.26. The van der Waals surface area contributed by atoms with E-state index in [9.17, 15) is 4.79 Å². The monoisotopic (exact) mass is 414 g/mol. The molecular weight excluding hydrogens is 384 g/mol. The molecular formula is C23H31ClN2OSi. The highest BCUT2D eigenvalue weighted by Crippen LogP contribution is 2.40. The lowest BCUT2D eigenvalue weighted by Crippen LogP contribution is -2.43. The first-order chi connectivity index (χ1) is 13.2. The molecule has 0 radical (unpaired) electrons. The fourth-order valence-corrected chi connectivity index (χ4v) is 9.83. The number of amides is 1. The van der Waals surface area contributed by atoms with E-state index < -0.39 is 13.5 Å². The molecule has 1 aromatic heterocycles. The van der Waals surface area contributed by atoms with Gasteiger partial charge in [0.25, 0.3) is 0 Å². The van der Waals surface area contributed by atoms with Crippen molar-refractivity contribution in [2.45, 2.75) is 70.0 Å². The molecule has 5 heteroatoms. The van der Waals surface area contributed by atoms with Crippen LogP contribution in [0.4, 0.5) is 5.69 Å². The molecule has 0 aliphatic rings. The molecule has 0 bridgehead atoms. The molecule has 1 N–H and O–H groups in total. The Hall–Kier alpha value is -1.83. The third-order valence-electron chi connectivity index (χ3n) is 5.58. The second kappa shape index (κ2) is 9.58. The van der Waals surface area contributed by atoms with E-state index in [4.69, 9.17) is 11.6 Å². The number of benzene rings is 1. The van der Waals surface area contributed by atoms with Crippen LogP contribution in [0.1, 0.15) is 48.0 Å². The highest BCUT2D eigenvalue weighted by Gasteiger charge is 2.41. The van der Waals surface area contributed by atoms with E-state index in [-0.39, 0.29) is 12.3 Å². The summed E-state index contributed by atoms with van der Waals surface area (Å²) < 4.78 is 0. The first-order valence-electron chi connectivity index (χ1n) is 9.98. The molecule has 1 aromatic carbocycles. The van der Waals surface area contributed by atoms with Gasteiger partial charge in [-0.3, -0.25) is 9.78 Å². The van der Waals surface area contributed by atoms with Gasteiger partial charge in [0.1, 0.15) is 13.5 Å². The minimum absolute atomic E-state index is 0.140. The van der Waals surface area contributed by atoms with Gasteiger partial charge in [0.15, 0.2) is 0 Å². The summed E-state index contributed by atoms with van der Waals surface area (Å²) >= 11 is 6.45. The van der Waals surface area contributed by atoms with Crippen LogP contribution in [0.2, 0.25) is 16.6 Å². The zero-order valence-electron chi connectivity index (χ0n) is 17.7. The summed E-state index contributed by atoms with van der Waals surface area (Å²) in [7, 11) is -1.84. The number of hydrogen-bond donors (Lipinski definition) is 1. The normalized spacial score (nSPS) is 12.9. The molecule has 1 atom stereocenters. The van der Waals surface area contributed by atoms with Crippen molar-refractivity contribution in [3.05, 3.63) is 36.5 Å². The number of nitrogens with zero attached hydrogens (tertiary/aromatic N) is 1. The van der Waals surface area contributed by atoms with Gasteiger partial charge in [0.05, 0.1) is 17.6 Å². The molecule has 0 fully saturated rings. The van der Waals surface area contributed by atoms with Crippen LogP contribution in [0.5, 0.6) is 0 Å². The molecule has 0 aliphatic carbocycles. The molecule has 1 amide bonds. The van der Waals surface area contributed by atoms with Gasteiger partial charge in [-0.25, -0.2) is 0 Å². The summed E-state index contributed by atoms with van der Waals surface area (Å²) in [6, 6.07) is 9.60. The van der Waals surface area contributed by atoms with Crippen LogP contribution in [0, 0.1) is 11.5 Å². The number of halogens is 1. The van der Waals surface area contributed by atoms with E-state index in [0.29, 0.717) is 22.3 Å². The SMILES string of the molecule is CC(C)[Si](C#CC(Cl)CC(=O)Nc1cccc2cccnc12)(C(C)C)C(C)C. The predicted molar refractivity (Wildman–Crippen MR) is 123 cm³/mol. The van der Waals surface area contributed by atoms with Crippen molar-refractivity contribution in [3.8, 4) is 11.5 Å². The average Bonchev–Trinajstić information content (AvgIpc) is 2.61. The first kappa shape index (κ1) is 22.5. The average molecular weight is 415 g/mol. The summed E-state index contributed by atoms with van der Waals surface area (Å²) in [4.78, 5) is 16.9. The van der Waals surface area contributed by atoms with Gasteiger partial charge in [-0.05, 0) is 28.8 Å². The van der Waals surface area contributed by atoms with Crippen molar-refractivity contribution >= 4 is 42.2 Å². The minimum Gasteiger partial charge on any atom is -0.324 e. The number of rotatable bonds is 6. The number of aromatic nitrogens is 1. The second-order valence-electron chi connectivity index (χ2n) is 8.27. The van der Waals surface area contributed by atoms with Gasteiger partial charge in [-0.1, -0.05) is 65.7 Å². The van der Waals surface area contributed by atoms with Crippen molar-refractivity contribution < 1.29 is 4.79 Å². The van der Waals surface area contributed by atoms with Gasteiger partial charge in [0.2, 0.25) is 5.91 Å². The Labute approximate surface area is 175 Å². The third-order valence-corrected chi connectivity index (χ3v) is 12.2. The van der Waals surface area contributed by atoms with Crippen LogP contribution in [0.25, 0.3) is 10.9 Å². The maximum absolute atomic E-state index is 12.5. The Morgan fingerprint density at radius 1 is 1.07 bits per heavy atom. The third kappa shape index (κ3) is 4.95. The molecule has 0 saturated heterocycles. The van der Waals surface area contributed by atoms with E-state index >= 15 is 0 Å². The molecule has 2 aromatic rings. The summed E-state index contributed by atoms with van der Waals surface area (Å²) in [5.74, 6) is 3.08. The lowest BCUT2D eigenvalue weighted by atomic mass is 10.2. The maximum Gasteiger partial charge on any atom is 0.226 e. The number of alkyl halides is 1. The van der Waals surface area contributed by atoms with Crippen LogP contribution >= 0.6 is 11.6 Å². The quantitative estimate of drug-likeness (QED) is 0.338. The number of anilines is 1. The molecule has 2 rings (SSSR count). The van der Waals surface area contributed by atoms with Gasteiger partial charge in [-0.15, -0.1) is 17.1 Å². The van der Waals surface area contributed by atoms with Crippen molar-refractivity contribution in [3.63, 3.8) is 0 Å². The molecule has 1 unspecified atom stereocenters. The molecule has 0 spiro atoms. The zero-order valence-corrected chi connectivity index (χ0v) is 19.5. The Bertz CT molecular complexity index is 856. The Kier molecular flexibility index (Phi) is 7.68. The molecule has 0 aliphatic heterocycles. The van der Waals surface area contributed by atoms with E-state index in [0.717, 1.165) is 10.9 Å². The summed E-state index contributed by atoms with van der Waals surface area (Å²) in [5, 5.41) is 3.43. The lowest BCUT2D eigenvalue weighted by molar-refractivity contribution is -0.116. The van der Waals surface area contributed by atoms with E-state index in [1.165, 1.54) is 0 Å². The topological polar surface area (TPSA) is 42.0 Å². The van der Waals surface area contributed by atoms with Gasteiger partial charge < -0.3 is 5.32 Å². The predicted octanol–water partition coefficient (Wildman–Crippen LogP) is 6.39. The largest absolute Gasteiger partial charge is 0.324 e. The number of carbonyl (C=O) groups excluding carboxylic acids is 1. The maximum atomic E-state index is 12.5. The summed E-state index contributed by atoms with van der Waals surface area (Å²) in [5.41, 5.74) is 6.70. The summed E-state index contributed by atoms with van der Waals surface area (Å²) in [6.07, 6.45) is 1.89. The number of pyridine rings is 1. The zero-order chi connectivity index (χ0) is 20.9. The molecule has 0 saturated carbocycles. The molecule has 1 heterocycles. The Balaban J connectivity index is 2.14. The smallest absolute Gasteiger partial charge is 0.226 e. The van der Waals surface area contributed by atoms with Gasteiger partial charge >= 0.3 is 0 Å². The van der Waals surface area contributed by atoms with Crippen molar-refractivity contribution in [2.75, 3.05) is 5.32 Å². The Morgan fingerprint density at radius 2 is 1.68 bits per heavy atom. The number of hydrogen-bond acceptors (Lipinski definition) is 2. The van der Waals surface area contributed by atoms with Crippen LogP contribution in [-0.2, 0) is 4.79 Å². The lowest BCUT2D eigenvalue weighted by Gasteiger charge is -2.38. The Morgan fingerprint density at radius 3 is 2.29 bits per heavy atom. The van der Waals surface area contributed by atoms with Gasteiger partial charge in [0, 0.05) is 11.6 Å². The second-order valence-corrected chi connectivity index (χ2v) is 14.4. The molecule has 150 valence electrons. The number of para-hydroxylation sites is 1. The first-order valence-corrected chi connectivity index (χ1v) is 12.7. The van der Waals surface area contributed by atoms with Crippen molar-refractivity contribution in [2.24, 2.45) is 0 Å². The van der Waals surface area contributed by atoms with Crippen molar-refractivity contribution in [1.82, 2.24) is 4.98 Å².